The lowest BCUT2D eigenvalue weighted by Gasteiger charge is -2.06. The first-order valence-corrected chi connectivity index (χ1v) is 4.39. The molecular formula is C11H9NO3. The first kappa shape index (κ1) is 9.33. The van der Waals surface area contributed by atoms with Gasteiger partial charge in [-0.15, -0.1) is 0 Å². The molecule has 0 bridgehead atoms. The van der Waals surface area contributed by atoms with Crippen molar-refractivity contribution < 1.29 is 15.0 Å². The van der Waals surface area contributed by atoms with Crippen molar-refractivity contribution in [2.45, 2.75) is 0 Å². The van der Waals surface area contributed by atoms with Crippen molar-refractivity contribution in [1.29, 1.82) is 0 Å². The molecule has 0 aromatic heterocycles. The zero-order chi connectivity index (χ0) is 10.8. The average molecular weight is 203 g/mol. The summed E-state index contributed by atoms with van der Waals surface area (Å²) in [6.45, 7) is 0. The molecule has 76 valence electrons. The van der Waals surface area contributed by atoms with Gasteiger partial charge in [0, 0.05) is 5.39 Å². The Morgan fingerprint density at radius 3 is 2.60 bits per heavy atom. The molecule has 3 N–H and O–H groups in total. The van der Waals surface area contributed by atoms with E-state index in [1.807, 2.05) is 12.1 Å². The molecule has 0 saturated heterocycles. The highest BCUT2D eigenvalue weighted by Gasteiger charge is 2.07. The SMILES string of the molecule is O=C(O)Nc1ccc2ccccc2c1O. The monoisotopic (exact) mass is 203 g/mol. The molecule has 2 aromatic carbocycles. The Hall–Kier alpha value is -2.23. The Morgan fingerprint density at radius 1 is 1.13 bits per heavy atom. The third-order valence-electron chi connectivity index (χ3n) is 2.14. The molecule has 2 rings (SSSR count). The van der Waals surface area contributed by atoms with Gasteiger partial charge in [-0.05, 0) is 11.5 Å². The summed E-state index contributed by atoms with van der Waals surface area (Å²) in [5.41, 5.74) is 0.196. The number of carboxylic acid groups (broad SMARTS) is 1. The van der Waals surface area contributed by atoms with Crippen LogP contribution in [0.3, 0.4) is 0 Å². The van der Waals surface area contributed by atoms with Crippen molar-refractivity contribution in [3.05, 3.63) is 36.4 Å². The van der Waals surface area contributed by atoms with E-state index in [1.54, 1.807) is 18.2 Å². The van der Waals surface area contributed by atoms with Crippen LogP contribution in [0.2, 0.25) is 0 Å². The first-order valence-electron chi connectivity index (χ1n) is 4.39. The molecular weight excluding hydrogens is 194 g/mol. The number of benzene rings is 2. The quantitative estimate of drug-likeness (QED) is 0.624. The van der Waals surface area contributed by atoms with Crippen LogP contribution in [0.25, 0.3) is 10.8 Å². The van der Waals surface area contributed by atoms with Gasteiger partial charge in [-0.25, -0.2) is 4.79 Å². The van der Waals surface area contributed by atoms with E-state index >= 15 is 0 Å². The largest absolute Gasteiger partial charge is 0.505 e. The number of carbonyl (C=O) groups is 1. The van der Waals surface area contributed by atoms with Gasteiger partial charge < -0.3 is 10.2 Å². The normalized spacial score (nSPS) is 10.1. The molecule has 0 aliphatic heterocycles. The highest BCUT2D eigenvalue weighted by atomic mass is 16.4. The molecule has 0 spiro atoms. The van der Waals surface area contributed by atoms with Gasteiger partial charge in [0.05, 0.1) is 5.69 Å². The van der Waals surface area contributed by atoms with E-state index < -0.39 is 6.09 Å². The molecule has 15 heavy (non-hydrogen) atoms. The Bertz CT molecular complexity index is 522. The van der Waals surface area contributed by atoms with E-state index in [0.29, 0.717) is 5.39 Å². The van der Waals surface area contributed by atoms with E-state index in [9.17, 15) is 9.90 Å². The van der Waals surface area contributed by atoms with Crippen molar-refractivity contribution >= 4 is 22.6 Å². The summed E-state index contributed by atoms with van der Waals surface area (Å²) >= 11 is 0. The number of hydrogen-bond donors (Lipinski definition) is 3. The number of hydrogen-bond acceptors (Lipinski definition) is 2. The molecule has 1 amide bonds. The van der Waals surface area contributed by atoms with Crippen LogP contribution in [0, 0.1) is 0 Å². The molecule has 0 atom stereocenters. The Morgan fingerprint density at radius 2 is 1.87 bits per heavy atom. The van der Waals surface area contributed by atoms with E-state index in [-0.39, 0.29) is 11.4 Å². The fourth-order valence-electron chi connectivity index (χ4n) is 1.47. The molecule has 2 aromatic rings. The fourth-order valence-corrected chi connectivity index (χ4v) is 1.47. The summed E-state index contributed by atoms with van der Waals surface area (Å²) in [5, 5.41) is 21.9. The second kappa shape index (κ2) is 3.49. The smallest absolute Gasteiger partial charge is 0.409 e. The summed E-state index contributed by atoms with van der Waals surface area (Å²) in [5.74, 6) is -0.0458. The van der Waals surface area contributed by atoms with E-state index in [1.165, 1.54) is 6.07 Å². The number of phenolic OH excluding ortho intramolecular Hbond substituents is 1. The first-order chi connectivity index (χ1) is 7.18. The molecule has 0 aliphatic rings. The summed E-state index contributed by atoms with van der Waals surface area (Å²) in [6, 6.07) is 10.5. The lowest BCUT2D eigenvalue weighted by molar-refractivity contribution is 0.209. The minimum atomic E-state index is -1.19. The third-order valence-corrected chi connectivity index (χ3v) is 2.14. The van der Waals surface area contributed by atoms with Crippen molar-refractivity contribution in [1.82, 2.24) is 0 Å². The molecule has 0 radical (unpaired) electrons. The Kier molecular flexibility index (Phi) is 2.17. The van der Waals surface area contributed by atoms with Crippen LogP contribution in [0.15, 0.2) is 36.4 Å². The maximum Gasteiger partial charge on any atom is 0.409 e. The fraction of sp³-hybridized carbons (Fsp3) is 0. The molecule has 4 heteroatoms. The van der Waals surface area contributed by atoms with Gasteiger partial charge >= 0.3 is 6.09 Å². The number of nitrogens with one attached hydrogen (secondary N) is 1. The minimum absolute atomic E-state index is 0.0458. The van der Waals surface area contributed by atoms with Gasteiger partial charge in [-0.3, -0.25) is 5.32 Å². The van der Waals surface area contributed by atoms with Gasteiger partial charge in [0.25, 0.3) is 0 Å². The van der Waals surface area contributed by atoms with Gasteiger partial charge in [-0.2, -0.15) is 0 Å². The molecule has 4 nitrogen and oxygen atoms in total. The van der Waals surface area contributed by atoms with Crippen molar-refractivity contribution in [3.63, 3.8) is 0 Å². The van der Waals surface area contributed by atoms with Gasteiger partial charge in [0.1, 0.15) is 5.75 Å². The Labute approximate surface area is 85.8 Å². The summed E-state index contributed by atoms with van der Waals surface area (Å²) in [6.07, 6.45) is -1.19. The predicted molar refractivity (Wildman–Crippen MR) is 57.3 cm³/mol. The molecule has 0 unspecified atom stereocenters. The topological polar surface area (TPSA) is 69.6 Å². The summed E-state index contributed by atoms with van der Waals surface area (Å²) in [7, 11) is 0. The standard InChI is InChI=1S/C11H9NO3/c13-10-8-4-2-1-3-7(8)5-6-9(10)12-11(14)15/h1-6,12-13H,(H,14,15). The number of phenols is 1. The highest BCUT2D eigenvalue weighted by molar-refractivity contribution is 5.96. The maximum atomic E-state index is 10.4. The zero-order valence-electron chi connectivity index (χ0n) is 7.77. The number of aromatic hydroxyl groups is 1. The van der Waals surface area contributed by atoms with Crippen LogP contribution in [0.1, 0.15) is 0 Å². The Balaban J connectivity index is 2.59. The van der Waals surface area contributed by atoms with Gasteiger partial charge in [-0.1, -0.05) is 30.3 Å². The van der Waals surface area contributed by atoms with Crippen LogP contribution in [-0.2, 0) is 0 Å². The number of rotatable bonds is 1. The van der Waals surface area contributed by atoms with Crippen molar-refractivity contribution in [2.24, 2.45) is 0 Å². The lowest BCUT2D eigenvalue weighted by atomic mass is 10.1. The minimum Gasteiger partial charge on any atom is -0.505 e. The van der Waals surface area contributed by atoms with E-state index in [4.69, 9.17) is 5.11 Å². The van der Waals surface area contributed by atoms with Gasteiger partial charge in [0.2, 0.25) is 0 Å². The molecule has 0 heterocycles. The van der Waals surface area contributed by atoms with Gasteiger partial charge in [0.15, 0.2) is 0 Å². The third kappa shape index (κ3) is 1.69. The maximum absolute atomic E-state index is 10.4. The van der Waals surface area contributed by atoms with Crippen LogP contribution >= 0.6 is 0 Å². The van der Waals surface area contributed by atoms with Crippen molar-refractivity contribution in [3.8, 4) is 5.75 Å². The van der Waals surface area contributed by atoms with Crippen LogP contribution in [0.4, 0.5) is 10.5 Å². The molecule has 0 fully saturated rings. The van der Waals surface area contributed by atoms with Crippen LogP contribution in [0.5, 0.6) is 5.75 Å². The van der Waals surface area contributed by atoms with Crippen LogP contribution in [-0.4, -0.2) is 16.3 Å². The van der Waals surface area contributed by atoms with Crippen molar-refractivity contribution in [2.75, 3.05) is 5.32 Å². The average Bonchev–Trinajstić information content (AvgIpc) is 2.22. The number of fused-ring (bicyclic) bond motifs is 1. The van der Waals surface area contributed by atoms with E-state index in [0.717, 1.165) is 5.39 Å². The zero-order valence-corrected chi connectivity index (χ0v) is 7.77. The summed E-state index contributed by atoms with van der Waals surface area (Å²) < 4.78 is 0. The summed E-state index contributed by atoms with van der Waals surface area (Å²) in [4.78, 5) is 10.4. The lowest BCUT2D eigenvalue weighted by Crippen LogP contribution is -2.07. The second-order valence-corrected chi connectivity index (χ2v) is 3.11. The van der Waals surface area contributed by atoms with Crippen LogP contribution < -0.4 is 5.32 Å². The number of amides is 1. The molecule has 0 aliphatic carbocycles. The highest BCUT2D eigenvalue weighted by Crippen LogP contribution is 2.32. The second-order valence-electron chi connectivity index (χ2n) is 3.11. The number of anilines is 1. The van der Waals surface area contributed by atoms with E-state index in [2.05, 4.69) is 5.32 Å². The molecule has 0 saturated carbocycles. The predicted octanol–water partition coefficient (Wildman–Crippen LogP) is 2.64.